The SMILES string of the molecule is [SnH][C]12CC3CC(CC(C3)C1)C2. The van der Waals surface area contributed by atoms with E-state index >= 15 is 0 Å². The molecule has 60 valence electrons. The zero-order chi connectivity index (χ0) is 7.47. The molecule has 0 heterocycles. The zero-order valence-electron chi connectivity index (χ0n) is 7.05. The number of rotatable bonds is 0. The molecule has 11 heavy (non-hydrogen) atoms. The van der Waals surface area contributed by atoms with Crippen molar-refractivity contribution in [2.45, 2.75) is 42.0 Å². The molecule has 1 heteroatoms. The summed E-state index contributed by atoms with van der Waals surface area (Å²) >= 11 is 1.56. The van der Waals surface area contributed by atoms with E-state index in [-0.39, 0.29) is 0 Å². The Bertz CT molecular complexity index is 150. The van der Waals surface area contributed by atoms with E-state index in [4.69, 9.17) is 0 Å². The van der Waals surface area contributed by atoms with Crippen LogP contribution < -0.4 is 0 Å². The molecule has 0 saturated heterocycles. The fraction of sp³-hybridized carbons (Fsp3) is 1.00. The first-order chi connectivity index (χ1) is 5.23. The molecular formula is C10H16Sn. The van der Waals surface area contributed by atoms with Gasteiger partial charge in [0.05, 0.1) is 0 Å². The predicted octanol–water partition coefficient (Wildman–Crippen LogP) is 2.28. The van der Waals surface area contributed by atoms with Gasteiger partial charge in [-0.1, -0.05) is 0 Å². The topological polar surface area (TPSA) is 0 Å². The Morgan fingerprint density at radius 1 is 0.818 bits per heavy atom. The molecule has 0 nitrogen and oxygen atoms in total. The third-order valence-electron chi connectivity index (χ3n) is 4.09. The van der Waals surface area contributed by atoms with Crippen molar-refractivity contribution in [2.75, 3.05) is 0 Å². The summed E-state index contributed by atoms with van der Waals surface area (Å²) in [6.45, 7) is 0. The maximum atomic E-state index is 1.63. The standard InChI is InChI=1S/C10H15.Sn.H/c1-7-2-9-4-8(1)5-10(3-7)6-9;;/h7-9H,1-6H2;;. The van der Waals surface area contributed by atoms with Crippen LogP contribution in [0, 0.1) is 17.8 Å². The van der Waals surface area contributed by atoms with Crippen molar-refractivity contribution in [1.29, 1.82) is 0 Å². The molecule has 4 saturated carbocycles. The molecule has 2 radical (unpaired) electrons. The molecule has 0 aromatic carbocycles. The summed E-state index contributed by atoms with van der Waals surface area (Å²) in [7, 11) is 0. The van der Waals surface area contributed by atoms with Crippen molar-refractivity contribution in [3.63, 3.8) is 0 Å². The molecule has 0 spiro atoms. The van der Waals surface area contributed by atoms with E-state index in [0.717, 1.165) is 3.43 Å². The molecule has 0 aromatic heterocycles. The molecule has 0 atom stereocenters. The molecule has 0 unspecified atom stereocenters. The molecule has 4 bridgehead atoms. The van der Waals surface area contributed by atoms with E-state index in [0.29, 0.717) is 0 Å². The molecule has 4 fully saturated rings. The van der Waals surface area contributed by atoms with Gasteiger partial charge in [-0.3, -0.25) is 0 Å². The van der Waals surface area contributed by atoms with Crippen LogP contribution in [0.1, 0.15) is 38.5 Å². The summed E-state index contributed by atoms with van der Waals surface area (Å²) in [5.41, 5.74) is 0. The van der Waals surface area contributed by atoms with Crippen molar-refractivity contribution in [1.82, 2.24) is 0 Å². The van der Waals surface area contributed by atoms with Gasteiger partial charge in [0.15, 0.2) is 0 Å². The third kappa shape index (κ3) is 1.08. The van der Waals surface area contributed by atoms with Crippen molar-refractivity contribution in [3.05, 3.63) is 0 Å². The Balaban J connectivity index is 1.94. The fourth-order valence-electron chi connectivity index (χ4n) is 4.18. The zero-order valence-corrected chi connectivity index (χ0v) is 10.3. The van der Waals surface area contributed by atoms with Gasteiger partial charge < -0.3 is 0 Å². The Labute approximate surface area is 82.2 Å². The van der Waals surface area contributed by atoms with Crippen LogP contribution in [0.3, 0.4) is 0 Å². The van der Waals surface area contributed by atoms with Gasteiger partial charge in [0.25, 0.3) is 0 Å². The van der Waals surface area contributed by atoms with Gasteiger partial charge in [0, 0.05) is 0 Å². The summed E-state index contributed by atoms with van der Waals surface area (Å²) in [6, 6.07) is 0. The van der Waals surface area contributed by atoms with Crippen molar-refractivity contribution < 1.29 is 0 Å². The summed E-state index contributed by atoms with van der Waals surface area (Å²) < 4.78 is 0.930. The monoisotopic (exact) mass is 256 g/mol. The second-order valence-corrected chi connectivity index (χ2v) is 8.78. The minimum absolute atomic E-state index is 0.930. The van der Waals surface area contributed by atoms with E-state index in [9.17, 15) is 0 Å². The molecule has 4 aliphatic carbocycles. The van der Waals surface area contributed by atoms with Crippen LogP contribution >= 0.6 is 0 Å². The summed E-state index contributed by atoms with van der Waals surface area (Å²) in [6.07, 6.45) is 9.71. The predicted molar refractivity (Wildman–Crippen MR) is 48.0 cm³/mol. The van der Waals surface area contributed by atoms with Gasteiger partial charge in [-0.2, -0.15) is 0 Å². The molecule has 0 amide bonds. The van der Waals surface area contributed by atoms with Gasteiger partial charge in [0.1, 0.15) is 0 Å². The Hall–Kier alpha value is 0.799. The van der Waals surface area contributed by atoms with Gasteiger partial charge >= 0.3 is 82.2 Å². The quantitative estimate of drug-likeness (QED) is 0.582. The molecule has 4 rings (SSSR count). The summed E-state index contributed by atoms with van der Waals surface area (Å²) in [5.74, 6) is 3.53. The number of hydrogen-bond acceptors (Lipinski definition) is 0. The van der Waals surface area contributed by atoms with Crippen LogP contribution in [0.2, 0.25) is 3.43 Å². The molecule has 4 aliphatic rings. The normalized spacial score (nSPS) is 60.3. The van der Waals surface area contributed by atoms with E-state index < -0.39 is 0 Å². The Kier molecular flexibility index (Phi) is 1.43. The van der Waals surface area contributed by atoms with Crippen molar-refractivity contribution >= 4 is 22.5 Å². The first-order valence-electron chi connectivity index (χ1n) is 5.02. The van der Waals surface area contributed by atoms with E-state index in [1.165, 1.54) is 17.8 Å². The van der Waals surface area contributed by atoms with Gasteiger partial charge in [-0.05, 0) is 0 Å². The minimum atomic E-state index is 0.930. The van der Waals surface area contributed by atoms with Crippen molar-refractivity contribution in [2.24, 2.45) is 17.8 Å². The number of hydrogen-bond donors (Lipinski definition) is 0. The van der Waals surface area contributed by atoms with Gasteiger partial charge in [-0.25, -0.2) is 0 Å². The van der Waals surface area contributed by atoms with Crippen LogP contribution in [0.15, 0.2) is 0 Å². The molecule has 0 aliphatic heterocycles. The third-order valence-corrected chi connectivity index (χ3v) is 6.10. The van der Waals surface area contributed by atoms with Gasteiger partial charge in [-0.15, -0.1) is 0 Å². The van der Waals surface area contributed by atoms with Crippen molar-refractivity contribution in [3.8, 4) is 0 Å². The maximum absolute atomic E-state index is 1.63. The average molecular weight is 255 g/mol. The Morgan fingerprint density at radius 3 is 1.45 bits per heavy atom. The second kappa shape index (κ2) is 2.18. The van der Waals surface area contributed by atoms with E-state index in [2.05, 4.69) is 0 Å². The van der Waals surface area contributed by atoms with Gasteiger partial charge in [0.2, 0.25) is 0 Å². The first kappa shape index (κ1) is 7.23. The molecule has 0 aromatic rings. The second-order valence-electron chi connectivity index (χ2n) is 5.28. The fourth-order valence-corrected chi connectivity index (χ4v) is 7.03. The van der Waals surface area contributed by atoms with Crippen LogP contribution in [-0.4, -0.2) is 22.5 Å². The van der Waals surface area contributed by atoms with Crippen LogP contribution in [0.5, 0.6) is 0 Å². The van der Waals surface area contributed by atoms with Crippen LogP contribution in [0.25, 0.3) is 0 Å². The van der Waals surface area contributed by atoms with Crippen LogP contribution in [-0.2, 0) is 0 Å². The van der Waals surface area contributed by atoms with E-state index in [1.807, 2.05) is 0 Å². The first-order valence-corrected chi connectivity index (χ1v) is 6.67. The van der Waals surface area contributed by atoms with Crippen LogP contribution in [0.4, 0.5) is 0 Å². The molecular weight excluding hydrogens is 239 g/mol. The van der Waals surface area contributed by atoms with E-state index in [1.54, 1.807) is 61.0 Å². The summed E-state index contributed by atoms with van der Waals surface area (Å²) in [4.78, 5) is 0. The average Bonchev–Trinajstić information content (AvgIpc) is 1.79. The Morgan fingerprint density at radius 2 is 1.18 bits per heavy atom. The molecule has 0 N–H and O–H groups in total. The summed E-state index contributed by atoms with van der Waals surface area (Å²) in [5, 5.41) is 0.